The van der Waals surface area contributed by atoms with Gasteiger partial charge in [0.1, 0.15) is 65.9 Å². The maximum Gasteiger partial charge on any atom is 1.00 e. The Kier molecular flexibility index (Phi) is 22.3. The van der Waals surface area contributed by atoms with Gasteiger partial charge in [-0.1, -0.05) is 39.5 Å². The van der Waals surface area contributed by atoms with Crippen LogP contribution in [0.3, 0.4) is 0 Å². The molecule has 5 heterocycles. The third-order valence-corrected chi connectivity index (χ3v) is 14.3. The molecule has 12 atom stereocenters. The van der Waals surface area contributed by atoms with E-state index < -0.39 is 78.6 Å². The van der Waals surface area contributed by atoms with E-state index in [0.29, 0.717) is 72.1 Å². The van der Waals surface area contributed by atoms with Gasteiger partial charge in [-0.05, 0) is 84.8 Å². The molecule has 25 heteroatoms. The molecule has 0 unspecified atom stereocenters. The average molecular weight is 1100 g/mol. The fourth-order valence-corrected chi connectivity index (χ4v) is 11.0. The van der Waals surface area contributed by atoms with Crippen LogP contribution in [0.1, 0.15) is 116 Å². The van der Waals surface area contributed by atoms with E-state index in [1.165, 1.54) is 30.8 Å². The second-order valence-electron chi connectivity index (χ2n) is 21.4. The van der Waals surface area contributed by atoms with Crippen LogP contribution in [0.25, 0.3) is 16.7 Å². The normalized spacial score (nSPS) is 27.3. The fourth-order valence-electron chi connectivity index (χ4n) is 11.0. The fraction of sp³-hybridized carbons (Fsp3) is 0.604. The van der Waals surface area contributed by atoms with Crippen molar-refractivity contribution in [1.29, 1.82) is 0 Å². The van der Waals surface area contributed by atoms with Crippen LogP contribution in [-0.2, 0) is 38.3 Å². The number of amides is 2. The van der Waals surface area contributed by atoms with Crippen molar-refractivity contribution in [2.24, 2.45) is 17.8 Å². The third-order valence-electron chi connectivity index (χ3n) is 14.3. The number of fused-ring (bicyclic) bond motifs is 3. The number of ether oxygens (including phenoxy) is 3. The first-order valence-electron chi connectivity index (χ1n) is 25.3. The summed E-state index contributed by atoms with van der Waals surface area (Å²) in [4.78, 5) is 65.7. The van der Waals surface area contributed by atoms with Crippen molar-refractivity contribution >= 4 is 52.3 Å². The first kappa shape index (κ1) is 65.1. The summed E-state index contributed by atoms with van der Waals surface area (Å²) in [6.07, 6.45) is 6.84. The van der Waals surface area contributed by atoms with Crippen molar-refractivity contribution in [1.82, 2.24) is 39.7 Å². The number of nitrogens with two attached hydrogens (primary N) is 3. The van der Waals surface area contributed by atoms with Crippen LogP contribution in [0.5, 0.6) is 0 Å². The molecule has 2 amide bonds. The smallest absolute Gasteiger partial charge is 0.857 e. The number of aliphatic hydroxyl groups excluding tert-OH is 6. The number of nitrogen functional groups attached to an aromatic ring is 3. The second-order valence-corrected chi connectivity index (χ2v) is 21.4. The zero-order valence-corrected chi connectivity index (χ0v) is 47.7. The summed E-state index contributed by atoms with van der Waals surface area (Å²) in [6, 6.07) is -2.53. The Bertz CT molecular complexity index is 2700. The van der Waals surface area contributed by atoms with Crippen molar-refractivity contribution < 1.29 is 93.9 Å². The van der Waals surface area contributed by atoms with E-state index in [9.17, 15) is 45.0 Å². The molecule has 6 aliphatic rings. The third kappa shape index (κ3) is 13.4. The molecule has 2 aliphatic heterocycles. The summed E-state index contributed by atoms with van der Waals surface area (Å²) in [5.74, 6) is 0.276. The van der Waals surface area contributed by atoms with E-state index in [0.717, 1.165) is 35.1 Å². The first-order chi connectivity index (χ1) is 35.8. The number of carbonyl (C=O) groups is 3. The molecule has 4 aliphatic carbocycles. The zero-order chi connectivity index (χ0) is 56.3. The number of allylic oxidation sites excluding steroid dienone is 3. The molecule has 12 N–H and O–H groups in total. The van der Waals surface area contributed by atoms with E-state index in [1.54, 1.807) is 31.7 Å². The van der Waals surface area contributed by atoms with Gasteiger partial charge < -0.3 is 67.2 Å². The molecule has 78 heavy (non-hydrogen) atoms. The van der Waals surface area contributed by atoms with E-state index in [2.05, 4.69) is 29.9 Å². The predicted octanol–water partition coefficient (Wildman–Crippen LogP) is -1.37. The topological polar surface area (TPSA) is 385 Å². The van der Waals surface area contributed by atoms with Crippen molar-refractivity contribution in [3.8, 4) is 0 Å². The number of rotatable bonds is 7. The first-order valence-corrected chi connectivity index (χ1v) is 25.3. The molecule has 2 saturated heterocycles. The van der Waals surface area contributed by atoms with Gasteiger partial charge in [0, 0.05) is 59.6 Å². The molecular formula is C53H78N11NaO13. The maximum absolute atomic E-state index is 13.2. The maximum atomic E-state index is 13.2. The summed E-state index contributed by atoms with van der Waals surface area (Å²) in [6.45, 7) is 15.4. The Morgan fingerprint density at radius 1 is 0.641 bits per heavy atom. The van der Waals surface area contributed by atoms with Crippen LogP contribution < -0.4 is 51.9 Å². The second kappa shape index (κ2) is 26.7. The van der Waals surface area contributed by atoms with E-state index >= 15 is 0 Å². The van der Waals surface area contributed by atoms with Crippen LogP contribution in [0.15, 0.2) is 37.2 Å². The minimum atomic E-state index is -1.32. The number of esters is 1. The molecule has 3 fully saturated rings. The number of likely N-dealkylation sites (tertiary alicyclic amines) is 2. The summed E-state index contributed by atoms with van der Waals surface area (Å²) >= 11 is 0. The minimum absolute atomic E-state index is 0. The number of nitrogens with zero attached hydrogens (tertiary/aromatic N) is 8. The number of carbonyl (C=O) groups excluding carboxylic acids is 3. The van der Waals surface area contributed by atoms with E-state index in [-0.39, 0.29) is 73.4 Å². The summed E-state index contributed by atoms with van der Waals surface area (Å²) < 4.78 is 16.9. The van der Waals surface area contributed by atoms with E-state index in [1.807, 2.05) is 46.8 Å². The number of aliphatic hydroxyl groups is 6. The Hall–Kier alpha value is -5.41. The standard InChI is InChI=1S/C21H30N4O4.C17H24N4O5.C13H17N3O3.CH3O.CH4.Na/c1-7-15-11(2)18(28-12(3)26)17(25(15)20(27)29-21(4,5)6)13-8-9-14-16(13)23-10-24-19(14)22;1-17(2,3)26-16(25)21-10(6-22)13(23)14(24)12(21)8-4-5-9-11(8)19-7-20-15(9)18;14-13-8-2-1-7(10(8)15-5-16-13)9-3-6(4-17)11(18)12(9)19;1-2;;/h8,10-11,15,17-18H,7,9H2,1-6H3,(H2,22,23,24);4,7,10,12-14,22-24H,5-6H2,1-3H3,(H2,18,19,20);1,5-6,9,11-12,17-19H,2-4H2,(H2,14,15,16);1H3;1H4;/q;;;-1;;+1/t11-,15-,17+,18-;10-,12+,13-,14+;6-,9+,11-,12+;;;/m111.../s1. The number of anilines is 3. The van der Waals surface area contributed by atoms with Gasteiger partial charge in [-0.15, -0.1) is 0 Å². The zero-order valence-electron chi connectivity index (χ0n) is 45.7. The van der Waals surface area contributed by atoms with Gasteiger partial charge >= 0.3 is 47.7 Å². The Morgan fingerprint density at radius 2 is 1.05 bits per heavy atom. The summed E-state index contributed by atoms with van der Waals surface area (Å²) in [5, 5.41) is 68.2. The average Bonchev–Trinajstić information content (AvgIpc) is 4.23. The van der Waals surface area contributed by atoms with Crippen LogP contribution in [0, 0.1) is 17.8 Å². The predicted molar refractivity (Wildman–Crippen MR) is 283 cm³/mol. The molecule has 0 aromatic carbocycles. The number of hydrogen-bond donors (Lipinski definition) is 9. The van der Waals surface area contributed by atoms with Crippen LogP contribution >= 0.6 is 0 Å². The van der Waals surface area contributed by atoms with Crippen LogP contribution in [0.4, 0.5) is 27.0 Å². The molecule has 24 nitrogen and oxygen atoms in total. The summed E-state index contributed by atoms with van der Waals surface area (Å²) in [5.41, 5.74) is 23.0. The minimum Gasteiger partial charge on any atom is -0.857 e. The molecule has 0 bridgehead atoms. The number of aromatic nitrogens is 6. The molecule has 3 aromatic rings. The van der Waals surface area contributed by atoms with Crippen molar-refractivity contribution in [2.75, 3.05) is 37.5 Å². The van der Waals surface area contributed by atoms with Crippen LogP contribution in [0.2, 0.25) is 0 Å². The molecule has 1 saturated carbocycles. The van der Waals surface area contributed by atoms with Crippen molar-refractivity contribution in [2.45, 2.75) is 168 Å². The SMILES string of the molecule is C.CC(C)(C)OC(=O)N1[C@H](CO)[C@@H](O)[C@@H](O)[C@@H]1C1=CCc2c(N)ncnc21.CC[C@@H]1[C@@H](C)[C@@H](OC(C)=O)[C@H](C2=CCc3c(N)ncnc32)N1C(=O)OC(C)(C)C.C[O-].Nc1ncnc2c1CC=C2[C@@H]1C[C@H](CO)[C@@H](O)[C@H]1O.[Na+]. The molecule has 0 spiro atoms. The van der Waals surface area contributed by atoms with Gasteiger partial charge in [-0.2, -0.15) is 7.11 Å². The van der Waals surface area contributed by atoms with Gasteiger partial charge in [0.25, 0.3) is 0 Å². The number of hydrogen-bond acceptors (Lipinski definition) is 22. The van der Waals surface area contributed by atoms with Gasteiger partial charge in [-0.25, -0.2) is 39.5 Å². The quantitative estimate of drug-likeness (QED) is 0.0749. The Morgan fingerprint density at radius 3 is 1.44 bits per heavy atom. The van der Waals surface area contributed by atoms with Crippen molar-refractivity contribution in [3.05, 3.63) is 71.0 Å². The molecule has 424 valence electrons. The Labute approximate surface area is 477 Å². The van der Waals surface area contributed by atoms with Gasteiger partial charge in [0.05, 0.1) is 54.0 Å². The molecular weight excluding hydrogens is 1020 g/mol. The summed E-state index contributed by atoms with van der Waals surface area (Å²) in [7, 11) is 0.750. The Balaban J connectivity index is 0.000000250. The van der Waals surface area contributed by atoms with E-state index in [4.69, 9.17) is 36.5 Å². The molecule has 9 rings (SSSR count). The molecule has 0 radical (unpaired) electrons. The van der Waals surface area contributed by atoms with Gasteiger partial charge in [0.15, 0.2) is 0 Å². The largest absolute Gasteiger partial charge is 1.00 e. The molecule has 3 aromatic heterocycles. The van der Waals surface area contributed by atoms with Gasteiger partial charge in [0.2, 0.25) is 0 Å². The van der Waals surface area contributed by atoms with Gasteiger partial charge in [-0.3, -0.25) is 14.6 Å². The van der Waals surface area contributed by atoms with Crippen LogP contribution in [-0.4, -0.2) is 175 Å². The van der Waals surface area contributed by atoms with Crippen molar-refractivity contribution in [3.63, 3.8) is 0 Å². The monoisotopic (exact) mass is 1100 g/mol.